The van der Waals surface area contributed by atoms with E-state index in [4.69, 9.17) is 5.11 Å². The van der Waals surface area contributed by atoms with Crippen molar-refractivity contribution in [2.75, 3.05) is 7.11 Å². The Morgan fingerprint density at radius 3 is 1.94 bits per heavy atom. The van der Waals surface area contributed by atoms with Crippen LogP contribution in [-0.2, 0) is 19.1 Å². The first-order chi connectivity index (χ1) is 7.38. The van der Waals surface area contributed by atoms with Crippen molar-refractivity contribution in [1.82, 2.24) is 0 Å². The van der Waals surface area contributed by atoms with Crippen LogP contribution in [0.4, 0.5) is 0 Å². The van der Waals surface area contributed by atoms with Gasteiger partial charge in [-0.15, -0.1) is 0 Å². The zero-order valence-electron chi connectivity index (χ0n) is 9.81. The van der Waals surface area contributed by atoms with Crippen LogP contribution in [0.2, 0.25) is 0 Å². The van der Waals surface area contributed by atoms with Crippen LogP contribution in [-0.4, -0.2) is 30.4 Å². The maximum absolute atomic E-state index is 11.2. The number of carbonyl (C=O) groups is 2. The molecule has 0 aromatic carbocycles. The van der Waals surface area contributed by atoms with Crippen LogP contribution in [0.5, 0.6) is 0 Å². The summed E-state index contributed by atoms with van der Waals surface area (Å²) in [6.45, 7) is 4.42. The number of allylic oxidation sites excluding steroid dienone is 2. The van der Waals surface area contributed by atoms with Crippen molar-refractivity contribution in [1.29, 1.82) is 0 Å². The van der Waals surface area contributed by atoms with Crippen molar-refractivity contribution in [2.24, 2.45) is 0 Å². The fourth-order valence-electron chi connectivity index (χ4n) is 0.795. The summed E-state index contributed by atoms with van der Waals surface area (Å²) in [7, 11) is 1.28. The molecule has 0 aliphatic rings. The Labute approximate surface area is 94.4 Å². The van der Waals surface area contributed by atoms with Gasteiger partial charge in [-0.3, -0.25) is 0 Å². The van der Waals surface area contributed by atoms with Gasteiger partial charge in [0.25, 0.3) is 0 Å². The van der Waals surface area contributed by atoms with Gasteiger partial charge in [0.05, 0.1) is 7.11 Å². The van der Waals surface area contributed by atoms with Crippen molar-refractivity contribution in [3.8, 4) is 0 Å². The molecule has 0 saturated carbocycles. The lowest BCUT2D eigenvalue weighted by Crippen LogP contribution is -2.14. The summed E-state index contributed by atoms with van der Waals surface area (Å²) in [5.74, 6) is -1.10. The summed E-state index contributed by atoms with van der Waals surface area (Å²) in [5, 5.41) is 8.82. The Bertz CT molecular complexity index is 325. The number of ether oxygens (including phenoxy) is 2. The highest BCUT2D eigenvalue weighted by molar-refractivity contribution is 5.90. The second-order valence-corrected chi connectivity index (χ2v) is 3.20. The van der Waals surface area contributed by atoms with Gasteiger partial charge in [-0.2, -0.15) is 0 Å². The minimum atomic E-state index is -1.15. The summed E-state index contributed by atoms with van der Waals surface area (Å²) < 4.78 is 9.01. The third kappa shape index (κ3) is 5.31. The smallest absolute Gasteiger partial charge is 0.336 e. The normalized spacial score (nSPS) is 14.3. The Morgan fingerprint density at radius 1 is 1.12 bits per heavy atom. The molecule has 0 rings (SSSR count). The van der Waals surface area contributed by atoms with Gasteiger partial charge in [0.1, 0.15) is 0 Å². The highest BCUT2D eigenvalue weighted by Gasteiger charge is 2.08. The maximum atomic E-state index is 11.2. The number of methoxy groups -OCH3 is 1. The van der Waals surface area contributed by atoms with Gasteiger partial charge in [0.2, 0.25) is 0 Å². The summed E-state index contributed by atoms with van der Waals surface area (Å²) >= 11 is 0. The number of esters is 2. The van der Waals surface area contributed by atoms with Gasteiger partial charge in [-0.05, 0) is 20.8 Å². The van der Waals surface area contributed by atoms with Crippen molar-refractivity contribution in [3.05, 3.63) is 23.3 Å². The summed E-state index contributed by atoms with van der Waals surface area (Å²) in [4.78, 5) is 22.2. The monoisotopic (exact) mass is 228 g/mol. The Morgan fingerprint density at radius 2 is 1.56 bits per heavy atom. The van der Waals surface area contributed by atoms with Gasteiger partial charge in [0, 0.05) is 11.1 Å². The van der Waals surface area contributed by atoms with Crippen LogP contribution in [0.3, 0.4) is 0 Å². The predicted octanol–water partition coefficient (Wildman–Crippen LogP) is 0.933. The average Bonchev–Trinajstić information content (AvgIpc) is 2.23. The van der Waals surface area contributed by atoms with Crippen LogP contribution in [0, 0.1) is 0 Å². The molecule has 0 fully saturated rings. The number of aliphatic hydroxyl groups is 1. The molecular formula is C11H16O5. The number of aliphatic hydroxyl groups excluding tert-OH is 1. The zero-order valence-corrected chi connectivity index (χ0v) is 9.81. The van der Waals surface area contributed by atoms with E-state index < -0.39 is 18.2 Å². The van der Waals surface area contributed by atoms with Crippen molar-refractivity contribution < 1.29 is 24.2 Å². The minimum Gasteiger partial charge on any atom is -0.466 e. The van der Waals surface area contributed by atoms with Crippen molar-refractivity contribution in [3.63, 3.8) is 0 Å². The first-order valence-corrected chi connectivity index (χ1v) is 4.71. The topological polar surface area (TPSA) is 72.8 Å². The van der Waals surface area contributed by atoms with Gasteiger partial charge in [0.15, 0.2) is 6.29 Å². The first kappa shape index (κ1) is 14.4. The largest absolute Gasteiger partial charge is 0.466 e. The molecule has 0 spiro atoms. The van der Waals surface area contributed by atoms with E-state index in [1.807, 2.05) is 0 Å². The molecule has 90 valence electrons. The number of hydrogen-bond donors (Lipinski definition) is 1. The van der Waals surface area contributed by atoms with E-state index in [0.717, 1.165) is 0 Å². The minimum absolute atomic E-state index is 0.282. The van der Waals surface area contributed by atoms with Crippen LogP contribution in [0.15, 0.2) is 23.3 Å². The van der Waals surface area contributed by atoms with E-state index in [1.165, 1.54) is 33.1 Å². The molecule has 0 bridgehead atoms. The van der Waals surface area contributed by atoms with Crippen LogP contribution in [0.1, 0.15) is 20.8 Å². The molecule has 5 heteroatoms. The van der Waals surface area contributed by atoms with Crippen LogP contribution >= 0.6 is 0 Å². The van der Waals surface area contributed by atoms with Crippen LogP contribution < -0.4 is 0 Å². The van der Waals surface area contributed by atoms with E-state index in [0.29, 0.717) is 5.57 Å². The first-order valence-electron chi connectivity index (χ1n) is 4.71. The van der Waals surface area contributed by atoms with Gasteiger partial charge < -0.3 is 14.6 Å². The Balaban J connectivity index is 4.55. The maximum Gasteiger partial charge on any atom is 0.336 e. The molecule has 1 unspecified atom stereocenters. The summed E-state index contributed by atoms with van der Waals surface area (Å²) in [5.41, 5.74) is 0.649. The molecule has 0 radical (unpaired) electrons. The molecule has 16 heavy (non-hydrogen) atoms. The Hall–Kier alpha value is -1.62. The quantitative estimate of drug-likeness (QED) is 0.335. The number of carbonyl (C=O) groups excluding carboxylic acids is 2. The standard InChI is InChI=1S/C11H16O5/c1-7(10(13)15-4)5-6-8(2)11(14)16-9(3)12/h5-6,9,12H,1-4H3/b7-5+,8-6+. The molecular weight excluding hydrogens is 212 g/mol. The van der Waals surface area contributed by atoms with Crippen molar-refractivity contribution >= 4 is 11.9 Å². The predicted molar refractivity (Wildman–Crippen MR) is 57.3 cm³/mol. The van der Waals surface area contributed by atoms with E-state index >= 15 is 0 Å². The highest BCUT2D eigenvalue weighted by atomic mass is 16.6. The fourth-order valence-corrected chi connectivity index (χ4v) is 0.795. The lowest BCUT2D eigenvalue weighted by Gasteiger charge is -2.06. The molecule has 0 amide bonds. The second-order valence-electron chi connectivity index (χ2n) is 3.20. The van der Waals surface area contributed by atoms with E-state index in [2.05, 4.69) is 9.47 Å². The fraction of sp³-hybridized carbons (Fsp3) is 0.455. The molecule has 1 atom stereocenters. The lowest BCUT2D eigenvalue weighted by atomic mass is 10.2. The molecule has 0 heterocycles. The third-order valence-electron chi connectivity index (χ3n) is 1.69. The molecule has 0 saturated heterocycles. The van der Waals surface area contributed by atoms with E-state index in [-0.39, 0.29) is 5.57 Å². The molecule has 1 N–H and O–H groups in total. The summed E-state index contributed by atoms with van der Waals surface area (Å²) in [6, 6.07) is 0. The van der Waals surface area contributed by atoms with Gasteiger partial charge >= 0.3 is 11.9 Å². The molecule has 0 aromatic heterocycles. The average molecular weight is 228 g/mol. The van der Waals surface area contributed by atoms with Crippen LogP contribution in [0.25, 0.3) is 0 Å². The number of rotatable bonds is 4. The van der Waals surface area contributed by atoms with Gasteiger partial charge in [-0.25, -0.2) is 9.59 Å². The lowest BCUT2D eigenvalue weighted by molar-refractivity contribution is -0.159. The number of hydrogen-bond acceptors (Lipinski definition) is 5. The molecule has 0 aromatic rings. The van der Waals surface area contributed by atoms with E-state index in [1.54, 1.807) is 6.92 Å². The Kier molecular flexibility index (Phi) is 6.10. The zero-order chi connectivity index (χ0) is 12.7. The SMILES string of the molecule is COC(=O)/C(C)=C/C=C(\C)C(=O)OC(C)O. The molecule has 5 nitrogen and oxygen atoms in total. The van der Waals surface area contributed by atoms with Gasteiger partial charge in [-0.1, -0.05) is 12.2 Å². The molecule has 0 aliphatic heterocycles. The second kappa shape index (κ2) is 6.79. The summed E-state index contributed by atoms with van der Waals surface area (Å²) in [6.07, 6.45) is 1.73. The highest BCUT2D eigenvalue weighted by Crippen LogP contribution is 2.02. The third-order valence-corrected chi connectivity index (χ3v) is 1.69. The van der Waals surface area contributed by atoms with Crippen molar-refractivity contribution in [2.45, 2.75) is 27.1 Å². The van der Waals surface area contributed by atoms with E-state index in [9.17, 15) is 9.59 Å². The molecule has 0 aliphatic carbocycles.